The van der Waals surface area contributed by atoms with Gasteiger partial charge in [0.1, 0.15) is 11.6 Å². The van der Waals surface area contributed by atoms with Gasteiger partial charge >= 0.3 is 5.97 Å². The van der Waals surface area contributed by atoms with Crippen LogP contribution in [0.25, 0.3) is 33.7 Å². The molecule has 44 heavy (non-hydrogen) atoms. The summed E-state index contributed by atoms with van der Waals surface area (Å²) in [6, 6.07) is 11.0. The van der Waals surface area contributed by atoms with Crippen LogP contribution in [-0.4, -0.2) is 49.0 Å². The van der Waals surface area contributed by atoms with E-state index in [1.807, 2.05) is 37.0 Å². The van der Waals surface area contributed by atoms with Gasteiger partial charge in [-0.3, -0.25) is 4.79 Å². The highest BCUT2D eigenvalue weighted by atomic mass is 32.2. The number of nitrogens with zero attached hydrogens (tertiary/aromatic N) is 5. The van der Waals surface area contributed by atoms with Gasteiger partial charge in [0, 0.05) is 54.3 Å². The van der Waals surface area contributed by atoms with Crippen LogP contribution in [0, 0.1) is 30.5 Å². The monoisotopic (exact) mass is 614 g/mol. The summed E-state index contributed by atoms with van der Waals surface area (Å²) in [6.45, 7) is 1.86. The number of hydrogen-bond acceptors (Lipinski definition) is 7. The average Bonchev–Trinajstić information content (AvgIpc) is 3.61. The molecular formula is C32H31FN6O4S. The lowest BCUT2D eigenvalue weighted by molar-refractivity contribution is -0.148. The van der Waals surface area contributed by atoms with Crippen molar-refractivity contribution in [2.45, 2.75) is 43.5 Å². The van der Waals surface area contributed by atoms with Crippen molar-refractivity contribution < 1.29 is 22.7 Å². The van der Waals surface area contributed by atoms with E-state index in [1.165, 1.54) is 24.4 Å². The van der Waals surface area contributed by atoms with E-state index in [0.29, 0.717) is 11.5 Å². The Bertz CT molecular complexity index is 2010. The number of carbonyl (C=O) groups is 1. The second-order valence-electron chi connectivity index (χ2n) is 11.9. The van der Waals surface area contributed by atoms with Crippen molar-refractivity contribution in [2.75, 3.05) is 5.32 Å². The third kappa shape index (κ3) is 4.83. The molecule has 0 amide bonds. The lowest BCUT2D eigenvalue weighted by Gasteiger charge is -2.47. The molecule has 5 aromatic rings. The number of benzene rings is 1. The molecule has 3 fully saturated rings. The lowest BCUT2D eigenvalue weighted by atomic mass is 9.61. The molecule has 2 atom stereocenters. The van der Waals surface area contributed by atoms with Crippen molar-refractivity contribution in [3.8, 4) is 22.6 Å². The molecule has 3 aliphatic carbocycles. The molecule has 4 heterocycles. The fourth-order valence-electron chi connectivity index (χ4n) is 6.87. The van der Waals surface area contributed by atoms with E-state index in [9.17, 15) is 22.7 Å². The molecule has 3 saturated carbocycles. The predicted molar refractivity (Wildman–Crippen MR) is 163 cm³/mol. The summed E-state index contributed by atoms with van der Waals surface area (Å²) >= 11 is 0. The Labute approximate surface area is 253 Å². The summed E-state index contributed by atoms with van der Waals surface area (Å²) in [5.41, 5.74) is 2.57. The minimum absolute atomic E-state index is 0.0423. The zero-order valence-electron chi connectivity index (χ0n) is 24.2. The van der Waals surface area contributed by atoms with Crippen molar-refractivity contribution in [1.29, 1.82) is 0 Å². The van der Waals surface area contributed by atoms with Gasteiger partial charge in [-0.05, 0) is 68.7 Å². The van der Waals surface area contributed by atoms with Crippen molar-refractivity contribution in [2.24, 2.45) is 24.8 Å². The fourth-order valence-corrected chi connectivity index (χ4v) is 8.19. The summed E-state index contributed by atoms with van der Waals surface area (Å²) in [6.07, 6.45) is 9.83. The maximum Gasteiger partial charge on any atom is 0.308 e. The zero-order chi connectivity index (χ0) is 30.7. The van der Waals surface area contributed by atoms with Crippen molar-refractivity contribution in [3.05, 3.63) is 78.6 Å². The summed E-state index contributed by atoms with van der Waals surface area (Å²) in [7, 11) is -2.22. The largest absolute Gasteiger partial charge is 0.481 e. The third-order valence-corrected chi connectivity index (χ3v) is 10.7. The van der Waals surface area contributed by atoms with E-state index in [-0.39, 0.29) is 45.2 Å². The first-order valence-corrected chi connectivity index (χ1v) is 16.0. The summed E-state index contributed by atoms with van der Waals surface area (Å²) < 4.78 is 45.1. The van der Waals surface area contributed by atoms with Gasteiger partial charge in [0.25, 0.3) is 10.0 Å². The van der Waals surface area contributed by atoms with Crippen LogP contribution in [0.1, 0.15) is 31.2 Å². The van der Waals surface area contributed by atoms with Crippen LogP contribution in [0.5, 0.6) is 0 Å². The Morgan fingerprint density at radius 3 is 2.43 bits per heavy atom. The van der Waals surface area contributed by atoms with E-state index in [0.717, 1.165) is 47.0 Å². The van der Waals surface area contributed by atoms with Crippen LogP contribution in [0.4, 0.5) is 10.2 Å². The summed E-state index contributed by atoms with van der Waals surface area (Å²) in [5, 5.41) is 13.8. The van der Waals surface area contributed by atoms with Gasteiger partial charge in [-0.25, -0.2) is 31.7 Å². The van der Waals surface area contributed by atoms with E-state index < -0.39 is 27.7 Å². The first kappa shape index (κ1) is 28.2. The van der Waals surface area contributed by atoms with Crippen LogP contribution >= 0.6 is 0 Å². The SMILES string of the molecule is Cc1ccc(S(=O)(=O)n2cc(-c3nc(NC4C5CCC(CC5)C4C(=O)O)cc(-c4ccn(C)c4)n3)c3cc(F)cnc32)cc1. The highest BCUT2D eigenvalue weighted by molar-refractivity contribution is 7.90. The van der Waals surface area contributed by atoms with Crippen LogP contribution in [0.3, 0.4) is 0 Å². The standard InChI is InChI=1S/C32H31FN6O4S/c1-18-3-9-23(10-4-18)44(42,43)39-17-25(24-13-22(33)15-34-31(24)39)30-35-26(21-11-12-38(2)16-21)14-27(37-30)36-29-20-7-5-19(6-8-20)28(29)32(40)41/h3-4,9-17,19-20,28-29H,5-8H2,1-2H3,(H,40,41)(H,35,36,37). The van der Waals surface area contributed by atoms with Crippen molar-refractivity contribution >= 4 is 32.8 Å². The zero-order valence-corrected chi connectivity index (χ0v) is 25.0. The molecule has 1 aromatic carbocycles. The van der Waals surface area contributed by atoms with E-state index >= 15 is 0 Å². The Balaban J connectivity index is 1.39. The Kier molecular flexibility index (Phi) is 6.76. The molecule has 0 saturated heterocycles. The molecule has 2 bridgehead atoms. The molecule has 0 radical (unpaired) electrons. The number of nitrogens with one attached hydrogen (secondary N) is 1. The number of carboxylic acids is 1. The minimum Gasteiger partial charge on any atom is -0.481 e. The van der Waals surface area contributed by atoms with Crippen molar-refractivity contribution in [1.82, 2.24) is 23.5 Å². The molecule has 226 valence electrons. The summed E-state index contributed by atoms with van der Waals surface area (Å²) in [5.74, 6) is -1.12. The van der Waals surface area contributed by atoms with Crippen LogP contribution in [0.15, 0.2) is 72.1 Å². The lowest BCUT2D eigenvalue weighted by Crippen LogP contribution is -2.51. The number of fused-ring (bicyclic) bond motifs is 4. The van der Waals surface area contributed by atoms with Gasteiger partial charge < -0.3 is 15.0 Å². The topological polar surface area (TPSA) is 132 Å². The number of halogens is 1. The number of pyridine rings is 1. The van der Waals surface area contributed by atoms with Crippen LogP contribution in [0.2, 0.25) is 0 Å². The van der Waals surface area contributed by atoms with Gasteiger partial charge in [0.05, 0.1) is 22.7 Å². The third-order valence-electron chi connectivity index (χ3n) is 9.07. The molecule has 2 N–H and O–H groups in total. The van der Waals surface area contributed by atoms with E-state index in [2.05, 4.69) is 10.3 Å². The van der Waals surface area contributed by atoms with Crippen LogP contribution < -0.4 is 5.32 Å². The maximum absolute atomic E-state index is 14.6. The molecule has 10 nitrogen and oxygen atoms in total. The van der Waals surface area contributed by atoms with E-state index in [4.69, 9.17) is 9.97 Å². The minimum atomic E-state index is -4.10. The predicted octanol–water partition coefficient (Wildman–Crippen LogP) is 5.48. The van der Waals surface area contributed by atoms with Gasteiger partial charge in [0.15, 0.2) is 11.5 Å². The molecule has 0 spiro atoms. The molecule has 3 aliphatic rings. The quantitative estimate of drug-likeness (QED) is 0.246. The fraction of sp³-hybridized carbons (Fsp3) is 0.312. The number of hydrogen-bond donors (Lipinski definition) is 2. The number of anilines is 1. The van der Waals surface area contributed by atoms with Gasteiger partial charge in [-0.1, -0.05) is 17.7 Å². The number of aliphatic carboxylic acids is 1. The molecule has 12 heteroatoms. The van der Waals surface area contributed by atoms with Crippen molar-refractivity contribution in [3.63, 3.8) is 0 Å². The molecule has 8 rings (SSSR count). The Morgan fingerprint density at radius 1 is 1.02 bits per heavy atom. The molecule has 2 unspecified atom stereocenters. The number of aromatic nitrogens is 5. The highest BCUT2D eigenvalue weighted by Gasteiger charge is 2.47. The second kappa shape index (κ2) is 10.5. The number of carboxylic acid groups (broad SMARTS) is 1. The smallest absolute Gasteiger partial charge is 0.308 e. The normalized spacial score (nSPS) is 21.5. The first-order chi connectivity index (χ1) is 21.1. The van der Waals surface area contributed by atoms with Gasteiger partial charge in [-0.15, -0.1) is 0 Å². The van der Waals surface area contributed by atoms with Gasteiger partial charge in [0.2, 0.25) is 0 Å². The highest BCUT2D eigenvalue weighted by Crippen LogP contribution is 2.46. The number of aryl methyl sites for hydroxylation is 2. The van der Waals surface area contributed by atoms with Crippen LogP contribution in [-0.2, 0) is 21.9 Å². The second-order valence-corrected chi connectivity index (χ2v) is 13.7. The van der Waals surface area contributed by atoms with Gasteiger partial charge in [-0.2, -0.15) is 0 Å². The maximum atomic E-state index is 14.6. The Hall–Kier alpha value is -4.58. The first-order valence-electron chi connectivity index (χ1n) is 14.6. The summed E-state index contributed by atoms with van der Waals surface area (Å²) in [4.78, 5) is 26.2. The van der Waals surface area contributed by atoms with E-state index in [1.54, 1.807) is 18.2 Å². The Morgan fingerprint density at radius 2 is 1.75 bits per heavy atom. The average molecular weight is 615 g/mol. The molecule has 4 aromatic heterocycles. The number of rotatable bonds is 7. The molecular weight excluding hydrogens is 583 g/mol. The molecule has 0 aliphatic heterocycles.